The lowest BCUT2D eigenvalue weighted by Gasteiger charge is -2.22. The molecule has 1 aliphatic heterocycles. The minimum atomic E-state index is -0.887. The average molecular weight is 429 g/mol. The number of anilines is 1. The van der Waals surface area contributed by atoms with Crippen LogP contribution in [0.4, 0.5) is 10.6 Å². The van der Waals surface area contributed by atoms with Crippen LogP contribution in [0.25, 0.3) is 22.2 Å². The predicted molar refractivity (Wildman–Crippen MR) is 122 cm³/mol. The van der Waals surface area contributed by atoms with Crippen molar-refractivity contribution in [3.05, 3.63) is 65.9 Å². The molecule has 0 atom stereocenters. The van der Waals surface area contributed by atoms with E-state index < -0.39 is 6.09 Å². The van der Waals surface area contributed by atoms with E-state index in [0.29, 0.717) is 13.2 Å². The minimum absolute atomic E-state index is 0.168. The minimum Gasteiger partial charge on any atom is -0.491 e. The van der Waals surface area contributed by atoms with Crippen molar-refractivity contribution in [1.82, 2.24) is 14.5 Å². The number of primary amides is 1. The number of hydrogen-bond acceptors (Lipinski definition) is 6. The summed E-state index contributed by atoms with van der Waals surface area (Å²) in [6, 6.07) is 16.4. The second kappa shape index (κ2) is 7.88. The standard InChI is InChI=1S/C24H23N5O3/c1-15-4-3-9-26-22(15)29-10-11-31-21-8-6-16(12-18(21)14-29)17-5-7-19-20(13-17)28(2)24(27-19)32-23(25)30/h3-9,12-13H,10-11,14H2,1-2H3,(H2,25,30). The van der Waals surface area contributed by atoms with Crippen LogP contribution in [0.1, 0.15) is 11.1 Å². The zero-order chi connectivity index (χ0) is 22.2. The second-order valence-corrected chi connectivity index (χ2v) is 7.81. The molecular formula is C24H23N5O3. The summed E-state index contributed by atoms with van der Waals surface area (Å²) < 4.78 is 12.7. The van der Waals surface area contributed by atoms with E-state index in [1.165, 1.54) is 0 Å². The lowest BCUT2D eigenvalue weighted by Crippen LogP contribution is -2.26. The smallest absolute Gasteiger partial charge is 0.412 e. The van der Waals surface area contributed by atoms with Crippen LogP contribution in [0.15, 0.2) is 54.7 Å². The van der Waals surface area contributed by atoms with Crippen LogP contribution >= 0.6 is 0 Å². The molecule has 2 aromatic heterocycles. The molecule has 0 unspecified atom stereocenters. The number of carbonyl (C=O) groups is 1. The van der Waals surface area contributed by atoms with Crippen molar-refractivity contribution in [2.45, 2.75) is 13.5 Å². The Morgan fingerprint density at radius 3 is 2.78 bits per heavy atom. The number of benzene rings is 2. The van der Waals surface area contributed by atoms with Crippen LogP contribution in [-0.4, -0.2) is 33.8 Å². The molecule has 0 spiro atoms. The van der Waals surface area contributed by atoms with E-state index in [1.54, 1.807) is 11.6 Å². The lowest BCUT2D eigenvalue weighted by molar-refractivity contribution is 0.205. The Bertz CT molecular complexity index is 1330. The van der Waals surface area contributed by atoms with Crippen LogP contribution in [0.3, 0.4) is 0 Å². The van der Waals surface area contributed by atoms with Gasteiger partial charge in [-0.1, -0.05) is 18.2 Å². The van der Waals surface area contributed by atoms with Gasteiger partial charge in [-0.2, -0.15) is 4.98 Å². The number of carbonyl (C=O) groups excluding carboxylic acids is 1. The number of rotatable bonds is 3. The van der Waals surface area contributed by atoms with Crippen molar-refractivity contribution in [2.75, 3.05) is 18.1 Å². The third kappa shape index (κ3) is 3.60. The summed E-state index contributed by atoms with van der Waals surface area (Å²) in [5, 5.41) is 0. The summed E-state index contributed by atoms with van der Waals surface area (Å²) >= 11 is 0. The summed E-state index contributed by atoms with van der Waals surface area (Å²) in [5.41, 5.74) is 11.0. The zero-order valence-electron chi connectivity index (χ0n) is 17.9. The van der Waals surface area contributed by atoms with E-state index in [4.69, 9.17) is 15.2 Å². The normalized spacial score (nSPS) is 13.4. The highest BCUT2D eigenvalue weighted by atomic mass is 16.6. The van der Waals surface area contributed by atoms with Gasteiger partial charge in [0.15, 0.2) is 0 Å². The summed E-state index contributed by atoms with van der Waals surface area (Å²) in [6.07, 6.45) is 0.937. The van der Waals surface area contributed by atoms with Crippen molar-refractivity contribution in [2.24, 2.45) is 12.8 Å². The molecule has 0 saturated heterocycles. The lowest BCUT2D eigenvalue weighted by atomic mass is 10.0. The van der Waals surface area contributed by atoms with Gasteiger partial charge in [0.25, 0.3) is 0 Å². The molecule has 5 rings (SSSR count). The van der Waals surface area contributed by atoms with Crippen molar-refractivity contribution in [3.8, 4) is 22.9 Å². The van der Waals surface area contributed by atoms with Gasteiger partial charge in [0.05, 0.1) is 17.6 Å². The van der Waals surface area contributed by atoms with Gasteiger partial charge in [-0.25, -0.2) is 9.78 Å². The summed E-state index contributed by atoms with van der Waals surface area (Å²) in [5.74, 6) is 1.87. The maximum Gasteiger partial charge on any atom is 0.412 e. The molecule has 0 radical (unpaired) electrons. The van der Waals surface area contributed by atoms with Gasteiger partial charge in [0.1, 0.15) is 18.2 Å². The third-order valence-corrected chi connectivity index (χ3v) is 5.69. The number of nitrogens with two attached hydrogens (primary N) is 1. The molecule has 8 heteroatoms. The van der Waals surface area contributed by atoms with E-state index in [2.05, 4.69) is 40.0 Å². The molecule has 162 valence electrons. The van der Waals surface area contributed by atoms with Crippen LogP contribution in [-0.2, 0) is 13.6 Å². The van der Waals surface area contributed by atoms with E-state index in [0.717, 1.165) is 51.4 Å². The third-order valence-electron chi connectivity index (χ3n) is 5.69. The first-order valence-corrected chi connectivity index (χ1v) is 10.4. The summed E-state index contributed by atoms with van der Waals surface area (Å²) in [6.45, 7) is 4.16. The first-order chi connectivity index (χ1) is 15.5. The molecule has 4 aromatic rings. The van der Waals surface area contributed by atoms with Crippen LogP contribution in [0, 0.1) is 6.92 Å². The fourth-order valence-electron chi connectivity index (χ4n) is 4.09. The first kappa shape index (κ1) is 19.9. The number of hydrogen-bond donors (Lipinski definition) is 1. The van der Waals surface area contributed by atoms with Crippen molar-refractivity contribution in [3.63, 3.8) is 0 Å². The number of imidazole rings is 1. The van der Waals surface area contributed by atoms with E-state index in [1.807, 2.05) is 36.5 Å². The molecule has 0 aliphatic carbocycles. The number of aryl methyl sites for hydroxylation is 2. The molecule has 0 fully saturated rings. The zero-order valence-corrected chi connectivity index (χ0v) is 17.9. The topological polar surface area (TPSA) is 95.5 Å². The SMILES string of the molecule is Cc1cccnc1N1CCOc2ccc(-c3ccc4nc(OC(N)=O)n(C)c4c3)cc2C1. The highest BCUT2D eigenvalue weighted by Gasteiger charge is 2.19. The van der Waals surface area contributed by atoms with Crippen molar-refractivity contribution >= 4 is 22.9 Å². The molecular weight excluding hydrogens is 406 g/mol. The van der Waals surface area contributed by atoms with E-state index >= 15 is 0 Å². The van der Waals surface area contributed by atoms with Gasteiger partial charge in [0, 0.05) is 25.4 Å². The number of aromatic nitrogens is 3. The largest absolute Gasteiger partial charge is 0.491 e. The van der Waals surface area contributed by atoms with Gasteiger partial charge in [-0.05, 0) is 53.9 Å². The van der Waals surface area contributed by atoms with Gasteiger partial charge in [-0.3, -0.25) is 4.57 Å². The molecule has 2 N–H and O–H groups in total. The first-order valence-electron chi connectivity index (χ1n) is 10.4. The van der Waals surface area contributed by atoms with Gasteiger partial charge in [-0.15, -0.1) is 0 Å². The molecule has 1 aliphatic rings. The Hall–Kier alpha value is -4.07. The summed E-state index contributed by atoms with van der Waals surface area (Å²) in [7, 11) is 1.79. The Labute approximate surface area is 185 Å². The molecule has 8 nitrogen and oxygen atoms in total. The fourth-order valence-corrected chi connectivity index (χ4v) is 4.09. The predicted octanol–water partition coefficient (Wildman–Crippen LogP) is 3.80. The number of ether oxygens (including phenoxy) is 2. The van der Waals surface area contributed by atoms with Gasteiger partial charge in [0.2, 0.25) is 0 Å². The highest BCUT2D eigenvalue weighted by Crippen LogP contribution is 2.33. The molecule has 2 aromatic carbocycles. The van der Waals surface area contributed by atoms with Crippen molar-refractivity contribution in [1.29, 1.82) is 0 Å². The number of nitrogens with zero attached hydrogens (tertiary/aromatic N) is 4. The van der Waals surface area contributed by atoms with Gasteiger partial charge >= 0.3 is 12.1 Å². The number of pyridine rings is 1. The summed E-state index contributed by atoms with van der Waals surface area (Å²) in [4.78, 5) is 22.3. The van der Waals surface area contributed by atoms with Crippen LogP contribution in [0.2, 0.25) is 0 Å². The molecule has 3 heterocycles. The molecule has 0 saturated carbocycles. The molecule has 1 amide bonds. The van der Waals surface area contributed by atoms with Crippen LogP contribution in [0.5, 0.6) is 11.8 Å². The number of fused-ring (bicyclic) bond motifs is 2. The number of amides is 1. The Kier molecular flexibility index (Phi) is 4.89. The fraction of sp³-hybridized carbons (Fsp3) is 0.208. The second-order valence-electron chi connectivity index (χ2n) is 7.81. The molecule has 32 heavy (non-hydrogen) atoms. The Morgan fingerprint density at radius 1 is 1.16 bits per heavy atom. The Balaban J connectivity index is 1.51. The monoisotopic (exact) mass is 429 g/mol. The molecule has 0 bridgehead atoms. The highest BCUT2D eigenvalue weighted by molar-refractivity contribution is 5.84. The average Bonchev–Trinajstić information content (AvgIpc) is 2.95. The van der Waals surface area contributed by atoms with E-state index in [-0.39, 0.29) is 6.01 Å². The maximum absolute atomic E-state index is 11.1. The van der Waals surface area contributed by atoms with Crippen molar-refractivity contribution < 1.29 is 14.3 Å². The van der Waals surface area contributed by atoms with Gasteiger partial charge < -0.3 is 20.1 Å². The Morgan fingerprint density at radius 2 is 1.97 bits per heavy atom. The quantitative estimate of drug-likeness (QED) is 0.532. The van der Waals surface area contributed by atoms with Crippen LogP contribution < -0.4 is 20.1 Å². The van der Waals surface area contributed by atoms with E-state index in [9.17, 15) is 4.79 Å². The maximum atomic E-state index is 11.1.